The van der Waals surface area contributed by atoms with Gasteiger partial charge in [0.05, 0.1) is 16.9 Å². The summed E-state index contributed by atoms with van der Waals surface area (Å²) in [5.74, 6) is -1.10. The molecule has 0 spiro atoms. The molecule has 0 aliphatic heterocycles. The van der Waals surface area contributed by atoms with Gasteiger partial charge in [-0.25, -0.2) is 14.4 Å². The molecule has 2 aromatic carbocycles. The van der Waals surface area contributed by atoms with Crippen LogP contribution < -0.4 is 11.5 Å². The third-order valence-electron chi connectivity index (χ3n) is 5.45. The van der Waals surface area contributed by atoms with Crippen LogP contribution in [0, 0.1) is 5.82 Å². The van der Waals surface area contributed by atoms with Crippen LogP contribution in [0.4, 0.5) is 10.2 Å². The van der Waals surface area contributed by atoms with E-state index in [1.165, 1.54) is 30.6 Å². The van der Waals surface area contributed by atoms with Gasteiger partial charge in [-0.3, -0.25) is 14.2 Å². The van der Waals surface area contributed by atoms with E-state index < -0.39 is 17.1 Å². The molecule has 1 amide bonds. The maximum Gasteiger partial charge on any atom is 0.268 e. The fourth-order valence-electron chi connectivity index (χ4n) is 3.92. The van der Waals surface area contributed by atoms with Gasteiger partial charge < -0.3 is 16.6 Å². The van der Waals surface area contributed by atoms with Gasteiger partial charge in [0.1, 0.15) is 27.2 Å². The number of rotatable bonds is 4. The van der Waals surface area contributed by atoms with Crippen LogP contribution in [0.2, 0.25) is 0 Å². The molecule has 0 unspecified atom stereocenters. The Kier molecular flexibility index (Phi) is 4.87. The quantitative estimate of drug-likeness (QED) is 0.360. The maximum atomic E-state index is 13.6. The molecule has 162 valence electrons. The zero-order valence-electron chi connectivity index (χ0n) is 17.6. The number of hydrogen-bond acceptors (Lipinski definition) is 6. The first-order chi connectivity index (χ1) is 16.1. The van der Waals surface area contributed by atoms with Crippen molar-refractivity contribution in [3.63, 3.8) is 0 Å². The summed E-state index contributed by atoms with van der Waals surface area (Å²) in [7, 11) is 11.5. The number of anilines is 1. The molecule has 0 saturated heterocycles. The van der Waals surface area contributed by atoms with Crippen molar-refractivity contribution in [2.45, 2.75) is 5.40 Å². The number of nitrogens with zero attached hydrogens (tertiary/aromatic N) is 4. The number of carbonyl (C=O) groups is 1. The highest BCUT2D eigenvalue weighted by Crippen LogP contribution is 2.36. The molecule has 8 nitrogen and oxygen atoms in total. The van der Waals surface area contributed by atoms with Crippen molar-refractivity contribution >= 4 is 44.0 Å². The topological polar surface area (TPSA) is 132 Å². The van der Waals surface area contributed by atoms with Crippen molar-refractivity contribution in [2.75, 3.05) is 5.73 Å². The van der Waals surface area contributed by atoms with Gasteiger partial charge in [-0.05, 0) is 48.0 Å². The third-order valence-corrected chi connectivity index (χ3v) is 5.45. The molecule has 3 heterocycles. The molecule has 34 heavy (non-hydrogen) atoms. The first kappa shape index (κ1) is 21.6. The van der Waals surface area contributed by atoms with Crippen LogP contribution in [0.3, 0.4) is 0 Å². The Labute approximate surface area is 195 Å². The molecule has 0 fully saturated rings. The maximum absolute atomic E-state index is 13.6. The van der Waals surface area contributed by atoms with Gasteiger partial charge in [0, 0.05) is 34.3 Å². The number of aliphatic hydroxyl groups is 1. The Morgan fingerprint density at radius 1 is 1.06 bits per heavy atom. The predicted octanol–water partition coefficient (Wildman–Crippen LogP) is 1.87. The van der Waals surface area contributed by atoms with E-state index in [-0.39, 0.29) is 22.7 Å². The molecule has 4 radical (unpaired) electrons. The summed E-state index contributed by atoms with van der Waals surface area (Å²) in [4.78, 5) is 24.9. The number of imidazole rings is 1. The number of aromatic nitrogens is 4. The lowest BCUT2D eigenvalue weighted by atomic mass is 9.61. The minimum Gasteiger partial charge on any atom is -0.405 e. The van der Waals surface area contributed by atoms with Crippen molar-refractivity contribution < 1.29 is 14.3 Å². The number of hydrogen-bond donors (Lipinski definition) is 3. The number of primary amides is 1. The van der Waals surface area contributed by atoms with Crippen LogP contribution >= 0.6 is 0 Å². The zero-order chi connectivity index (χ0) is 24.2. The highest BCUT2D eigenvalue weighted by molar-refractivity contribution is 6.39. The molecule has 5 N–H and O–H groups in total. The lowest BCUT2D eigenvalue weighted by molar-refractivity contribution is 0.0996. The first-order valence-electron chi connectivity index (χ1n) is 10.1. The van der Waals surface area contributed by atoms with Crippen LogP contribution in [0.25, 0.3) is 39.1 Å². The van der Waals surface area contributed by atoms with E-state index in [2.05, 4.69) is 15.0 Å². The summed E-state index contributed by atoms with van der Waals surface area (Å²) in [5, 5.41) is 8.67. The Morgan fingerprint density at radius 3 is 2.44 bits per heavy atom. The molecule has 5 rings (SSSR count). The van der Waals surface area contributed by atoms with Crippen LogP contribution in [0.5, 0.6) is 0 Å². The number of nitrogen functional groups attached to an aromatic ring is 1. The molecular weight excluding hydrogens is 433 g/mol. The van der Waals surface area contributed by atoms with Crippen molar-refractivity contribution in [3.8, 4) is 22.5 Å². The van der Waals surface area contributed by atoms with Crippen molar-refractivity contribution in [1.82, 2.24) is 19.4 Å². The second-order valence-electron chi connectivity index (χ2n) is 7.80. The van der Waals surface area contributed by atoms with Crippen LogP contribution in [0.1, 0.15) is 16.1 Å². The first-order valence-corrected chi connectivity index (χ1v) is 10.1. The predicted molar refractivity (Wildman–Crippen MR) is 127 cm³/mol. The Hall–Kier alpha value is -4.24. The monoisotopic (exact) mass is 448 g/mol. The summed E-state index contributed by atoms with van der Waals surface area (Å²) in [5.41, 5.74) is 14.7. The number of nitrogens with two attached hydrogens (primary N) is 2. The van der Waals surface area contributed by atoms with Crippen LogP contribution in [-0.4, -0.2) is 46.1 Å². The van der Waals surface area contributed by atoms with Gasteiger partial charge in [-0.15, -0.1) is 0 Å². The van der Waals surface area contributed by atoms with Gasteiger partial charge in [-0.2, -0.15) is 0 Å². The minimum atomic E-state index is -2.11. The van der Waals surface area contributed by atoms with Crippen molar-refractivity contribution in [2.24, 2.45) is 5.73 Å². The van der Waals surface area contributed by atoms with Crippen LogP contribution in [0.15, 0.2) is 60.9 Å². The normalized spacial score (nSPS) is 11.8. The van der Waals surface area contributed by atoms with Gasteiger partial charge in [0.15, 0.2) is 11.5 Å². The summed E-state index contributed by atoms with van der Waals surface area (Å²) in [6.07, 6.45) is 2.94. The minimum absolute atomic E-state index is 0.00700. The fourth-order valence-corrected chi connectivity index (χ4v) is 3.92. The van der Waals surface area contributed by atoms with E-state index in [0.29, 0.717) is 33.4 Å². The molecule has 3 aromatic heterocycles. The van der Waals surface area contributed by atoms with Gasteiger partial charge in [0.25, 0.3) is 5.91 Å². The number of benzene rings is 2. The summed E-state index contributed by atoms with van der Waals surface area (Å²) < 4.78 is 15.2. The van der Waals surface area contributed by atoms with Crippen molar-refractivity contribution in [3.05, 3.63) is 78.0 Å². The highest BCUT2D eigenvalue weighted by Gasteiger charge is 2.22. The lowest BCUT2D eigenvalue weighted by Gasteiger charge is -2.21. The van der Waals surface area contributed by atoms with E-state index in [1.54, 1.807) is 34.7 Å². The summed E-state index contributed by atoms with van der Waals surface area (Å²) in [6, 6.07) is 12.5. The molecule has 11 heteroatoms. The SMILES string of the molecule is [B]C([B])(O)c1ccnc2ccc(-c3c(-c4ccc(F)cc4)nc(N)c4nc(C(N)=O)cn34)cc12. The molecule has 0 aliphatic carbocycles. The average Bonchev–Trinajstić information content (AvgIpc) is 3.24. The Balaban J connectivity index is 1.89. The van der Waals surface area contributed by atoms with E-state index in [0.717, 1.165) is 0 Å². The lowest BCUT2D eigenvalue weighted by Crippen LogP contribution is -2.26. The second-order valence-corrected chi connectivity index (χ2v) is 7.80. The summed E-state index contributed by atoms with van der Waals surface area (Å²) in [6.45, 7) is 0. The number of pyridine rings is 1. The molecule has 5 aromatic rings. The smallest absolute Gasteiger partial charge is 0.268 e. The standard InChI is InChI=1S/C23H15B2FN6O2/c24-23(25,34)15-7-8-29-16-6-3-12(9-14(15)16)19-18(11-1-4-13(26)5-2-11)31-20(27)22-30-17(21(28)33)10-32(19)22/h1-10,34H,(H2,27,31)(H2,28,33). The fraction of sp³-hybridized carbons (Fsp3) is 0.0435. The summed E-state index contributed by atoms with van der Waals surface area (Å²) >= 11 is 0. The largest absolute Gasteiger partial charge is 0.405 e. The van der Waals surface area contributed by atoms with E-state index in [1.807, 2.05) is 0 Å². The van der Waals surface area contributed by atoms with E-state index in [4.69, 9.17) is 27.2 Å². The Morgan fingerprint density at radius 2 is 1.76 bits per heavy atom. The zero-order valence-corrected chi connectivity index (χ0v) is 17.6. The highest BCUT2D eigenvalue weighted by atomic mass is 19.1. The number of fused-ring (bicyclic) bond motifs is 2. The van der Waals surface area contributed by atoms with Crippen molar-refractivity contribution in [1.29, 1.82) is 0 Å². The average molecular weight is 448 g/mol. The number of amides is 1. The van der Waals surface area contributed by atoms with Gasteiger partial charge in [0.2, 0.25) is 0 Å². The van der Waals surface area contributed by atoms with Gasteiger partial charge >= 0.3 is 0 Å². The number of halogens is 1. The van der Waals surface area contributed by atoms with E-state index in [9.17, 15) is 14.3 Å². The van der Waals surface area contributed by atoms with E-state index >= 15 is 0 Å². The molecule has 0 aliphatic rings. The second kappa shape index (κ2) is 7.67. The van der Waals surface area contributed by atoms with Crippen LogP contribution in [-0.2, 0) is 5.40 Å². The third kappa shape index (κ3) is 3.56. The Bertz CT molecular complexity index is 1600. The number of carbonyl (C=O) groups excluding carboxylic acids is 1. The molecule has 0 saturated carbocycles. The molecular formula is C23H15B2FN6O2. The molecule has 0 atom stereocenters. The van der Waals surface area contributed by atoms with Gasteiger partial charge in [-0.1, -0.05) is 6.07 Å². The molecule has 0 bridgehead atoms.